The molecule has 1 fully saturated rings. The molecule has 0 spiro atoms. The molecule has 0 bridgehead atoms. The van der Waals surface area contributed by atoms with Crippen molar-refractivity contribution in [1.82, 2.24) is 10.2 Å². The summed E-state index contributed by atoms with van der Waals surface area (Å²) in [5, 5.41) is 10.7. The van der Waals surface area contributed by atoms with E-state index in [0.717, 1.165) is 5.56 Å². The van der Waals surface area contributed by atoms with E-state index in [0.29, 0.717) is 6.54 Å². The van der Waals surface area contributed by atoms with Crippen LogP contribution in [0.3, 0.4) is 0 Å². The Morgan fingerprint density at radius 2 is 2.00 bits per heavy atom. The first-order chi connectivity index (χ1) is 10.4. The lowest BCUT2D eigenvalue weighted by Gasteiger charge is -2.20. The molecule has 1 aliphatic heterocycles. The number of nitrogens with one attached hydrogen (secondary N) is 1. The SMILES string of the molecule is N#CCNC(=O)[C@@H]1CN(Cc2ccccc2)C[C@H]1C(F)(F)F. The number of likely N-dealkylation sites (tertiary alicyclic amines) is 1. The number of nitrogens with zero attached hydrogens (tertiary/aromatic N) is 2. The van der Waals surface area contributed by atoms with Gasteiger partial charge in [0, 0.05) is 19.6 Å². The van der Waals surface area contributed by atoms with Gasteiger partial charge in [-0.25, -0.2) is 0 Å². The molecule has 1 amide bonds. The van der Waals surface area contributed by atoms with Crippen molar-refractivity contribution in [3.05, 3.63) is 35.9 Å². The van der Waals surface area contributed by atoms with Gasteiger partial charge in [-0.05, 0) is 5.56 Å². The van der Waals surface area contributed by atoms with Crippen LogP contribution in [-0.4, -0.2) is 36.6 Å². The highest BCUT2D eigenvalue weighted by atomic mass is 19.4. The van der Waals surface area contributed by atoms with Crippen LogP contribution in [0.15, 0.2) is 30.3 Å². The third-order valence-electron chi connectivity index (χ3n) is 3.74. The Hall–Kier alpha value is -2.07. The molecule has 2 rings (SSSR count). The van der Waals surface area contributed by atoms with Crippen LogP contribution in [0, 0.1) is 23.2 Å². The van der Waals surface area contributed by atoms with Gasteiger partial charge in [0.1, 0.15) is 6.54 Å². The summed E-state index contributed by atoms with van der Waals surface area (Å²) in [6.07, 6.45) is -4.43. The van der Waals surface area contributed by atoms with E-state index in [-0.39, 0.29) is 19.6 Å². The van der Waals surface area contributed by atoms with E-state index >= 15 is 0 Å². The number of benzene rings is 1. The Morgan fingerprint density at radius 1 is 1.32 bits per heavy atom. The molecule has 4 nitrogen and oxygen atoms in total. The van der Waals surface area contributed by atoms with Crippen molar-refractivity contribution in [1.29, 1.82) is 5.26 Å². The Labute approximate surface area is 126 Å². The van der Waals surface area contributed by atoms with E-state index in [9.17, 15) is 18.0 Å². The first-order valence-electron chi connectivity index (χ1n) is 6.89. The van der Waals surface area contributed by atoms with Gasteiger partial charge in [-0.2, -0.15) is 18.4 Å². The molecule has 1 aromatic rings. The van der Waals surface area contributed by atoms with Crippen molar-refractivity contribution in [3.63, 3.8) is 0 Å². The van der Waals surface area contributed by atoms with Crippen LogP contribution >= 0.6 is 0 Å². The second kappa shape index (κ2) is 6.79. The van der Waals surface area contributed by atoms with Gasteiger partial charge in [0.25, 0.3) is 0 Å². The highest BCUT2D eigenvalue weighted by molar-refractivity contribution is 5.79. The molecule has 0 unspecified atom stereocenters. The molecule has 0 radical (unpaired) electrons. The van der Waals surface area contributed by atoms with E-state index < -0.39 is 23.9 Å². The van der Waals surface area contributed by atoms with Gasteiger partial charge in [-0.15, -0.1) is 0 Å². The van der Waals surface area contributed by atoms with E-state index in [2.05, 4.69) is 5.32 Å². The fourth-order valence-electron chi connectivity index (χ4n) is 2.71. The maximum absolute atomic E-state index is 13.1. The lowest BCUT2D eigenvalue weighted by molar-refractivity contribution is -0.183. The molecule has 2 atom stereocenters. The molecule has 118 valence electrons. The summed E-state index contributed by atoms with van der Waals surface area (Å²) in [4.78, 5) is 13.5. The average Bonchev–Trinajstić information content (AvgIpc) is 2.90. The van der Waals surface area contributed by atoms with Crippen LogP contribution < -0.4 is 5.32 Å². The summed E-state index contributed by atoms with van der Waals surface area (Å²) in [7, 11) is 0. The van der Waals surface area contributed by atoms with Gasteiger partial charge in [-0.3, -0.25) is 9.69 Å². The third-order valence-corrected chi connectivity index (χ3v) is 3.74. The maximum Gasteiger partial charge on any atom is 0.393 e. The molecule has 1 saturated heterocycles. The number of hydrogen-bond donors (Lipinski definition) is 1. The van der Waals surface area contributed by atoms with Gasteiger partial charge >= 0.3 is 6.18 Å². The molecule has 7 heteroatoms. The zero-order valence-electron chi connectivity index (χ0n) is 11.8. The predicted octanol–water partition coefficient (Wildman–Crippen LogP) is 1.94. The van der Waals surface area contributed by atoms with Crippen molar-refractivity contribution in [2.75, 3.05) is 19.6 Å². The van der Waals surface area contributed by atoms with Crippen LogP contribution in [0.1, 0.15) is 5.56 Å². The van der Waals surface area contributed by atoms with Crippen LogP contribution in [0.25, 0.3) is 0 Å². The van der Waals surface area contributed by atoms with E-state index in [1.807, 2.05) is 30.3 Å². The van der Waals surface area contributed by atoms with Crippen LogP contribution in [0.5, 0.6) is 0 Å². The summed E-state index contributed by atoms with van der Waals surface area (Å²) >= 11 is 0. The summed E-state index contributed by atoms with van der Waals surface area (Å²) in [5.41, 5.74) is 0.904. The summed E-state index contributed by atoms with van der Waals surface area (Å²) in [6, 6.07) is 10.9. The minimum Gasteiger partial charge on any atom is -0.343 e. The summed E-state index contributed by atoms with van der Waals surface area (Å²) < 4.78 is 39.4. The Kier molecular flexibility index (Phi) is 5.03. The topological polar surface area (TPSA) is 56.1 Å². The van der Waals surface area contributed by atoms with Crippen LogP contribution in [0.2, 0.25) is 0 Å². The van der Waals surface area contributed by atoms with Gasteiger partial charge in [0.05, 0.1) is 17.9 Å². The van der Waals surface area contributed by atoms with Crippen molar-refractivity contribution in [2.45, 2.75) is 12.7 Å². The number of amides is 1. The third kappa shape index (κ3) is 3.98. The fraction of sp³-hybridized carbons (Fsp3) is 0.467. The van der Waals surface area contributed by atoms with E-state index in [4.69, 9.17) is 5.26 Å². The lowest BCUT2D eigenvalue weighted by Crippen LogP contribution is -2.40. The predicted molar refractivity (Wildman–Crippen MR) is 73.4 cm³/mol. The van der Waals surface area contributed by atoms with Gasteiger partial charge in [0.15, 0.2) is 0 Å². The van der Waals surface area contributed by atoms with Crippen molar-refractivity contribution < 1.29 is 18.0 Å². The number of nitriles is 1. The quantitative estimate of drug-likeness (QED) is 0.865. The molecule has 0 saturated carbocycles. The minimum absolute atomic E-state index is 0.0380. The van der Waals surface area contributed by atoms with Gasteiger partial charge < -0.3 is 5.32 Å². The molecule has 1 aliphatic rings. The molecule has 1 aromatic carbocycles. The number of alkyl halides is 3. The molecule has 0 aromatic heterocycles. The van der Waals surface area contributed by atoms with Gasteiger partial charge in [0.2, 0.25) is 5.91 Å². The second-order valence-corrected chi connectivity index (χ2v) is 5.31. The molecule has 1 heterocycles. The zero-order valence-corrected chi connectivity index (χ0v) is 11.8. The van der Waals surface area contributed by atoms with Crippen LogP contribution in [0.4, 0.5) is 13.2 Å². The summed E-state index contributed by atoms with van der Waals surface area (Å²) in [6.45, 7) is -0.0760. The highest BCUT2D eigenvalue weighted by Gasteiger charge is 2.52. The Bertz CT molecular complexity index is 553. The largest absolute Gasteiger partial charge is 0.393 e. The number of carbonyl (C=O) groups is 1. The molecular formula is C15H16F3N3O. The van der Waals surface area contributed by atoms with Crippen molar-refractivity contribution in [3.8, 4) is 6.07 Å². The standard InChI is InChI=1S/C15H16F3N3O/c16-15(17,18)13-10-21(8-11-4-2-1-3-5-11)9-12(13)14(22)20-7-6-19/h1-5,12-13H,7-10H2,(H,20,22)/t12-,13-/m1/s1. The fourth-order valence-corrected chi connectivity index (χ4v) is 2.71. The highest BCUT2D eigenvalue weighted by Crippen LogP contribution is 2.38. The molecule has 22 heavy (non-hydrogen) atoms. The zero-order chi connectivity index (χ0) is 16.2. The smallest absolute Gasteiger partial charge is 0.343 e. The maximum atomic E-state index is 13.1. The summed E-state index contributed by atoms with van der Waals surface area (Å²) in [5.74, 6) is -3.58. The number of halogens is 3. The molecular weight excluding hydrogens is 295 g/mol. The average molecular weight is 311 g/mol. The monoisotopic (exact) mass is 311 g/mol. The lowest BCUT2D eigenvalue weighted by atomic mass is 9.94. The molecule has 0 aliphatic carbocycles. The van der Waals surface area contributed by atoms with Gasteiger partial charge in [-0.1, -0.05) is 30.3 Å². The Morgan fingerprint density at radius 3 is 2.59 bits per heavy atom. The number of carbonyl (C=O) groups excluding carboxylic acids is 1. The van der Waals surface area contributed by atoms with E-state index in [1.54, 1.807) is 11.0 Å². The number of hydrogen-bond acceptors (Lipinski definition) is 3. The van der Waals surface area contributed by atoms with Crippen molar-refractivity contribution >= 4 is 5.91 Å². The van der Waals surface area contributed by atoms with Crippen LogP contribution in [-0.2, 0) is 11.3 Å². The first kappa shape index (κ1) is 16.3. The van der Waals surface area contributed by atoms with E-state index in [1.165, 1.54) is 0 Å². The number of rotatable bonds is 4. The minimum atomic E-state index is -4.43. The first-order valence-corrected chi connectivity index (χ1v) is 6.89. The Balaban J connectivity index is 2.08. The van der Waals surface area contributed by atoms with Crippen molar-refractivity contribution in [2.24, 2.45) is 11.8 Å². The molecule has 1 N–H and O–H groups in total. The normalized spacial score (nSPS) is 22.3. The second-order valence-electron chi connectivity index (χ2n) is 5.31.